The summed E-state index contributed by atoms with van der Waals surface area (Å²) in [6, 6.07) is 25.0. The van der Waals surface area contributed by atoms with E-state index in [1.54, 1.807) is 0 Å². The fourth-order valence-electron chi connectivity index (χ4n) is 3.82. The molecule has 0 saturated heterocycles. The topological polar surface area (TPSA) is 36.1 Å². The highest BCUT2D eigenvalue weighted by molar-refractivity contribution is 5.95. The Morgan fingerprint density at radius 3 is 2.04 bits per heavy atom. The molecule has 0 aliphatic carbocycles. The van der Waals surface area contributed by atoms with Crippen LogP contribution in [0.2, 0.25) is 0 Å². The number of aromatic amines is 1. The molecule has 1 N–H and O–H groups in total. The lowest BCUT2D eigenvalue weighted by molar-refractivity contribution is 0.881. The standard InChI is InChI=1S/C23H18N2O/c26-23-21-8-4-3-7-20(21)22(13-24-23)16-9-11-19(12-10-16)25-14-17-5-1-2-6-18(17)15-25/h1-13H,14-15H2,(H,24,26). The van der Waals surface area contributed by atoms with E-state index in [9.17, 15) is 4.79 Å². The summed E-state index contributed by atoms with van der Waals surface area (Å²) in [5, 5.41) is 1.71. The van der Waals surface area contributed by atoms with Crippen molar-refractivity contribution in [2.24, 2.45) is 0 Å². The zero-order chi connectivity index (χ0) is 17.5. The molecule has 0 atom stereocenters. The summed E-state index contributed by atoms with van der Waals surface area (Å²) in [5.74, 6) is 0. The third-order valence-corrected chi connectivity index (χ3v) is 5.19. The molecule has 0 bridgehead atoms. The van der Waals surface area contributed by atoms with Gasteiger partial charge >= 0.3 is 0 Å². The van der Waals surface area contributed by atoms with Crippen LogP contribution in [0.5, 0.6) is 0 Å². The van der Waals surface area contributed by atoms with Gasteiger partial charge in [0.25, 0.3) is 5.56 Å². The predicted octanol–water partition coefficient (Wildman–Crippen LogP) is 4.72. The van der Waals surface area contributed by atoms with Crippen molar-refractivity contribution in [1.82, 2.24) is 4.98 Å². The molecule has 0 fully saturated rings. The first-order valence-electron chi connectivity index (χ1n) is 8.82. The summed E-state index contributed by atoms with van der Waals surface area (Å²) in [4.78, 5) is 17.3. The van der Waals surface area contributed by atoms with Crippen molar-refractivity contribution in [3.63, 3.8) is 0 Å². The van der Waals surface area contributed by atoms with Gasteiger partial charge in [-0.3, -0.25) is 4.79 Å². The Morgan fingerprint density at radius 2 is 1.35 bits per heavy atom. The number of anilines is 1. The minimum atomic E-state index is -0.0456. The normalized spacial score (nSPS) is 13.2. The van der Waals surface area contributed by atoms with Crippen molar-refractivity contribution in [1.29, 1.82) is 0 Å². The molecular weight excluding hydrogens is 320 g/mol. The summed E-state index contributed by atoms with van der Waals surface area (Å²) in [6.45, 7) is 1.91. The van der Waals surface area contributed by atoms with Gasteiger partial charge in [0.05, 0.1) is 0 Å². The van der Waals surface area contributed by atoms with E-state index in [0.717, 1.165) is 35.0 Å². The SMILES string of the molecule is O=c1[nH]cc(-c2ccc(N3Cc4ccccc4C3)cc2)c2ccccc12. The molecule has 1 aliphatic heterocycles. The van der Waals surface area contributed by atoms with Crippen molar-refractivity contribution in [3.8, 4) is 11.1 Å². The summed E-state index contributed by atoms with van der Waals surface area (Å²) in [6.07, 6.45) is 1.81. The van der Waals surface area contributed by atoms with Gasteiger partial charge < -0.3 is 9.88 Å². The van der Waals surface area contributed by atoms with Crippen LogP contribution in [-0.2, 0) is 13.1 Å². The van der Waals surface area contributed by atoms with E-state index in [-0.39, 0.29) is 5.56 Å². The molecule has 5 rings (SSSR count). The molecule has 0 radical (unpaired) electrons. The predicted molar refractivity (Wildman–Crippen MR) is 106 cm³/mol. The summed E-state index contributed by atoms with van der Waals surface area (Å²) in [5.41, 5.74) is 6.15. The van der Waals surface area contributed by atoms with E-state index in [0.29, 0.717) is 0 Å². The van der Waals surface area contributed by atoms with Crippen LogP contribution in [0.25, 0.3) is 21.9 Å². The first-order chi connectivity index (χ1) is 12.8. The molecule has 3 heteroatoms. The molecule has 0 amide bonds. The third-order valence-electron chi connectivity index (χ3n) is 5.19. The molecule has 0 unspecified atom stereocenters. The zero-order valence-electron chi connectivity index (χ0n) is 14.3. The van der Waals surface area contributed by atoms with Crippen molar-refractivity contribution in [3.05, 3.63) is 100 Å². The molecule has 0 spiro atoms. The molecule has 2 heterocycles. The molecular formula is C23H18N2O. The van der Waals surface area contributed by atoms with Gasteiger partial charge in [-0.15, -0.1) is 0 Å². The number of nitrogens with one attached hydrogen (secondary N) is 1. The Balaban J connectivity index is 1.50. The second kappa shape index (κ2) is 5.88. The summed E-state index contributed by atoms with van der Waals surface area (Å²) >= 11 is 0. The average molecular weight is 338 g/mol. The van der Waals surface area contributed by atoms with Crippen molar-refractivity contribution in [2.75, 3.05) is 4.90 Å². The minimum Gasteiger partial charge on any atom is -0.363 e. The highest BCUT2D eigenvalue weighted by Gasteiger charge is 2.18. The van der Waals surface area contributed by atoms with Crippen LogP contribution in [-0.4, -0.2) is 4.98 Å². The van der Waals surface area contributed by atoms with E-state index in [1.165, 1.54) is 16.8 Å². The lowest BCUT2D eigenvalue weighted by Crippen LogP contribution is -2.14. The fourth-order valence-corrected chi connectivity index (χ4v) is 3.82. The highest BCUT2D eigenvalue weighted by Crippen LogP contribution is 2.31. The Kier molecular flexibility index (Phi) is 3.39. The number of rotatable bonds is 2. The number of H-pyrrole nitrogens is 1. The van der Waals surface area contributed by atoms with Gasteiger partial charge in [0.2, 0.25) is 0 Å². The van der Waals surface area contributed by atoms with Crippen LogP contribution < -0.4 is 10.5 Å². The monoisotopic (exact) mass is 338 g/mol. The van der Waals surface area contributed by atoms with Crippen LogP contribution in [0, 0.1) is 0 Å². The number of hydrogen-bond donors (Lipinski definition) is 1. The van der Waals surface area contributed by atoms with Gasteiger partial charge in [-0.05, 0) is 40.3 Å². The molecule has 3 nitrogen and oxygen atoms in total. The van der Waals surface area contributed by atoms with Gasteiger partial charge in [-0.2, -0.15) is 0 Å². The summed E-state index contributed by atoms with van der Waals surface area (Å²) < 4.78 is 0. The van der Waals surface area contributed by atoms with Crippen molar-refractivity contribution in [2.45, 2.75) is 13.1 Å². The smallest absolute Gasteiger partial charge is 0.255 e. The number of pyridine rings is 1. The molecule has 3 aromatic carbocycles. The highest BCUT2D eigenvalue weighted by atomic mass is 16.1. The van der Waals surface area contributed by atoms with Gasteiger partial charge in [-0.1, -0.05) is 54.6 Å². The maximum absolute atomic E-state index is 12.0. The average Bonchev–Trinajstić information content (AvgIpc) is 3.13. The summed E-state index contributed by atoms with van der Waals surface area (Å²) in [7, 11) is 0. The van der Waals surface area contributed by atoms with Gasteiger partial charge in [0.1, 0.15) is 0 Å². The second-order valence-corrected chi connectivity index (χ2v) is 6.75. The number of nitrogens with zero attached hydrogens (tertiary/aromatic N) is 1. The van der Waals surface area contributed by atoms with Crippen LogP contribution >= 0.6 is 0 Å². The Hall–Kier alpha value is -3.33. The maximum Gasteiger partial charge on any atom is 0.255 e. The van der Waals surface area contributed by atoms with E-state index in [1.807, 2.05) is 30.5 Å². The maximum atomic E-state index is 12.0. The first kappa shape index (κ1) is 15.0. The quantitative estimate of drug-likeness (QED) is 0.574. The van der Waals surface area contributed by atoms with Crippen molar-refractivity contribution >= 4 is 16.5 Å². The number of benzene rings is 3. The van der Waals surface area contributed by atoms with Gasteiger partial charge in [0.15, 0.2) is 0 Å². The van der Waals surface area contributed by atoms with Crippen molar-refractivity contribution < 1.29 is 0 Å². The molecule has 26 heavy (non-hydrogen) atoms. The molecule has 1 aromatic heterocycles. The lowest BCUT2D eigenvalue weighted by atomic mass is 10.0. The van der Waals surface area contributed by atoms with E-state index < -0.39 is 0 Å². The van der Waals surface area contributed by atoms with E-state index in [2.05, 4.69) is 58.4 Å². The molecule has 0 saturated carbocycles. The lowest BCUT2D eigenvalue weighted by Gasteiger charge is -2.18. The van der Waals surface area contributed by atoms with E-state index in [4.69, 9.17) is 0 Å². The van der Waals surface area contributed by atoms with Crippen LogP contribution in [0.15, 0.2) is 83.8 Å². The van der Waals surface area contributed by atoms with Gasteiger partial charge in [-0.25, -0.2) is 0 Å². The largest absolute Gasteiger partial charge is 0.363 e. The number of hydrogen-bond acceptors (Lipinski definition) is 2. The Morgan fingerprint density at radius 1 is 0.731 bits per heavy atom. The Bertz CT molecular complexity index is 1130. The number of aromatic nitrogens is 1. The molecule has 4 aromatic rings. The third kappa shape index (κ3) is 2.40. The number of fused-ring (bicyclic) bond motifs is 2. The fraction of sp³-hybridized carbons (Fsp3) is 0.0870. The van der Waals surface area contributed by atoms with Gasteiger partial charge in [0, 0.05) is 35.9 Å². The first-order valence-corrected chi connectivity index (χ1v) is 8.82. The zero-order valence-corrected chi connectivity index (χ0v) is 14.3. The van der Waals surface area contributed by atoms with E-state index >= 15 is 0 Å². The second-order valence-electron chi connectivity index (χ2n) is 6.75. The minimum absolute atomic E-state index is 0.0456. The molecule has 1 aliphatic rings. The van der Waals surface area contributed by atoms with Crippen LogP contribution in [0.1, 0.15) is 11.1 Å². The Labute approximate surface area is 151 Å². The molecule has 126 valence electrons. The van der Waals surface area contributed by atoms with Crippen LogP contribution in [0.3, 0.4) is 0 Å². The van der Waals surface area contributed by atoms with Crippen LogP contribution in [0.4, 0.5) is 5.69 Å².